The number of amides is 1. The van der Waals surface area contributed by atoms with Crippen molar-refractivity contribution in [2.75, 3.05) is 42.9 Å². The first-order valence-electron chi connectivity index (χ1n) is 9.05. The normalized spacial score (nSPS) is 15.1. The zero-order chi connectivity index (χ0) is 18.6. The molecular formula is C21H21FN4O. The number of anilines is 2. The van der Waals surface area contributed by atoms with Gasteiger partial charge < -0.3 is 10.2 Å². The van der Waals surface area contributed by atoms with Crippen LogP contribution in [0.1, 0.15) is 0 Å². The van der Waals surface area contributed by atoms with E-state index in [1.54, 1.807) is 18.3 Å². The molecule has 1 N–H and O–H groups in total. The highest BCUT2D eigenvalue weighted by atomic mass is 19.1. The van der Waals surface area contributed by atoms with Crippen LogP contribution in [-0.4, -0.2) is 48.5 Å². The Morgan fingerprint density at radius 1 is 1.00 bits per heavy atom. The highest BCUT2D eigenvalue weighted by molar-refractivity contribution is 6.00. The lowest BCUT2D eigenvalue weighted by Crippen LogP contribution is -2.48. The number of pyridine rings is 1. The number of hydrogen-bond acceptors (Lipinski definition) is 4. The van der Waals surface area contributed by atoms with Crippen molar-refractivity contribution in [3.63, 3.8) is 0 Å². The summed E-state index contributed by atoms with van der Waals surface area (Å²) >= 11 is 0. The Morgan fingerprint density at radius 3 is 2.52 bits per heavy atom. The van der Waals surface area contributed by atoms with Crippen LogP contribution in [0.2, 0.25) is 0 Å². The summed E-state index contributed by atoms with van der Waals surface area (Å²) in [5.41, 5.74) is 2.56. The zero-order valence-corrected chi connectivity index (χ0v) is 14.9. The standard InChI is InChI=1S/C21H21FN4O/c22-17-6-8-18(9-7-17)26-13-11-25(12-14-26)15-20(27)24-19-5-1-3-16-4-2-10-23-21(16)19/h1-10H,11-15H2,(H,24,27). The van der Waals surface area contributed by atoms with Gasteiger partial charge >= 0.3 is 0 Å². The predicted octanol–water partition coefficient (Wildman–Crippen LogP) is 3.13. The van der Waals surface area contributed by atoms with E-state index in [2.05, 4.69) is 20.1 Å². The second kappa shape index (κ2) is 7.72. The molecule has 1 aliphatic rings. The molecule has 3 aromatic rings. The lowest BCUT2D eigenvalue weighted by atomic mass is 10.2. The Balaban J connectivity index is 1.33. The Morgan fingerprint density at radius 2 is 1.74 bits per heavy atom. The number of fused-ring (bicyclic) bond motifs is 1. The molecular weight excluding hydrogens is 343 g/mol. The lowest BCUT2D eigenvalue weighted by Gasteiger charge is -2.35. The van der Waals surface area contributed by atoms with Gasteiger partial charge in [0.15, 0.2) is 0 Å². The molecule has 0 aliphatic carbocycles. The molecule has 1 aliphatic heterocycles. The molecule has 138 valence electrons. The lowest BCUT2D eigenvalue weighted by molar-refractivity contribution is -0.117. The molecule has 4 rings (SSSR count). The van der Waals surface area contributed by atoms with Crippen LogP contribution in [0.25, 0.3) is 10.9 Å². The Hall–Kier alpha value is -2.99. The first-order chi connectivity index (χ1) is 13.2. The number of benzene rings is 2. The molecule has 0 radical (unpaired) electrons. The minimum Gasteiger partial charge on any atom is -0.369 e. The third-order valence-electron chi connectivity index (χ3n) is 4.84. The fourth-order valence-electron chi connectivity index (χ4n) is 3.41. The highest BCUT2D eigenvalue weighted by Crippen LogP contribution is 2.21. The average molecular weight is 364 g/mol. The Kier molecular flexibility index (Phi) is 4.98. The van der Waals surface area contributed by atoms with Gasteiger partial charge in [0, 0.05) is 43.4 Å². The summed E-state index contributed by atoms with van der Waals surface area (Å²) < 4.78 is 13.1. The molecule has 5 nitrogen and oxygen atoms in total. The van der Waals surface area contributed by atoms with Crippen LogP contribution >= 0.6 is 0 Å². The molecule has 6 heteroatoms. The summed E-state index contributed by atoms with van der Waals surface area (Å²) in [5, 5.41) is 3.99. The fourth-order valence-corrected chi connectivity index (χ4v) is 3.41. The molecule has 2 heterocycles. The molecule has 0 saturated carbocycles. The molecule has 2 aromatic carbocycles. The molecule has 0 atom stereocenters. The van der Waals surface area contributed by atoms with E-state index in [1.807, 2.05) is 30.3 Å². The summed E-state index contributed by atoms with van der Waals surface area (Å²) in [7, 11) is 0. The second-order valence-electron chi connectivity index (χ2n) is 6.67. The quantitative estimate of drug-likeness (QED) is 0.773. The van der Waals surface area contributed by atoms with Gasteiger partial charge in [-0.3, -0.25) is 14.7 Å². The van der Waals surface area contributed by atoms with Gasteiger partial charge in [0.05, 0.1) is 17.7 Å². The minimum absolute atomic E-state index is 0.0385. The van der Waals surface area contributed by atoms with E-state index in [4.69, 9.17) is 0 Å². The summed E-state index contributed by atoms with van der Waals surface area (Å²) in [6, 6.07) is 16.2. The summed E-state index contributed by atoms with van der Waals surface area (Å²) in [5.74, 6) is -0.264. The number of halogens is 1. The van der Waals surface area contributed by atoms with Gasteiger partial charge in [-0.2, -0.15) is 0 Å². The number of piperazine rings is 1. The summed E-state index contributed by atoms with van der Waals surface area (Å²) in [6.07, 6.45) is 1.73. The smallest absolute Gasteiger partial charge is 0.238 e. The first-order valence-corrected chi connectivity index (χ1v) is 9.05. The molecule has 1 amide bonds. The molecule has 1 aromatic heterocycles. The average Bonchev–Trinajstić information content (AvgIpc) is 2.69. The number of rotatable bonds is 4. The van der Waals surface area contributed by atoms with Gasteiger partial charge in [-0.1, -0.05) is 18.2 Å². The van der Waals surface area contributed by atoms with Crippen LogP contribution in [0.5, 0.6) is 0 Å². The Labute approximate surface area is 157 Å². The van der Waals surface area contributed by atoms with Crippen LogP contribution < -0.4 is 10.2 Å². The van der Waals surface area contributed by atoms with Gasteiger partial charge in [0.25, 0.3) is 0 Å². The fraction of sp³-hybridized carbons (Fsp3) is 0.238. The topological polar surface area (TPSA) is 48.5 Å². The number of aromatic nitrogens is 1. The zero-order valence-electron chi connectivity index (χ0n) is 14.9. The Bertz CT molecular complexity index is 931. The molecule has 0 unspecified atom stereocenters. The number of para-hydroxylation sites is 1. The predicted molar refractivity (Wildman–Crippen MR) is 105 cm³/mol. The van der Waals surface area contributed by atoms with Crippen LogP contribution in [0.3, 0.4) is 0 Å². The summed E-state index contributed by atoms with van der Waals surface area (Å²) in [4.78, 5) is 21.2. The van der Waals surface area contributed by atoms with Crippen molar-refractivity contribution < 1.29 is 9.18 Å². The SMILES string of the molecule is O=C(CN1CCN(c2ccc(F)cc2)CC1)Nc1cccc2cccnc12. The monoisotopic (exact) mass is 364 g/mol. The first kappa shape index (κ1) is 17.4. The number of nitrogens with zero attached hydrogens (tertiary/aromatic N) is 3. The van der Waals surface area contributed by atoms with Crippen LogP contribution in [0, 0.1) is 5.82 Å². The third-order valence-corrected chi connectivity index (χ3v) is 4.84. The number of carbonyl (C=O) groups excluding carboxylic acids is 1. The number of nitrogens with one attached hydrogen (secondary N) is 1. The van der Waals surface area contributed by atoms with E-state index < -0.39 is 0 Å². The minimum atomic E-state index is -0.225. The molecule has 1 fully saturated rings. The van der Waals surface area contributed by atoms with Gasteiger partial charge in [-0.25, -0.2) is 4.39 Å². The van der Waals surface area contributed by atoms with Crippen LogP contribution in [0.4, 0.5) is 15.8 Å². The van der Waals surface area contributed by atoms with Crippen molar-refractivity contribution in [1.29, 1.82) is 0 Å². The van der Waals surface area contributed by atoms with E-state index in [9.17, 15) is 9.18 Å². The number of hydrogen-bond donors (Lipinski definition) is 1. The van der Waals surface area contributed by atoms with Crippen LogP contribution in [0.15, 0.2) is 60.8 Å². The van der Waals surface area contributed by atoms with Crippen LogP contribution in [-0.2, 0) is 4.79 Å². The largest absolute Gasteiger partial charge is 0.369 e. The van der Waals surface area contributed by atoms with Crippen molar-refractivity contribution in [2.24, 2.45) is 0 Å². The maximum absolute atomic E-state index is 13.1. The van der Waals surface area contributed by atoms with Gasteiger partial charge in [0.1, 0.15) is 5.82 Å². The summed E-state index contributed by atoms with van der Waals surface area (Å²) in [6.45, 7) is 3.56. The molecule has 0 spiro atoms. The molecule has 27 heavy (non-hydrogen) atoms. The van der Waals surface area contributed by atoms with Crippen molar-refractivity contribution in [3.05, 3.63) is 66.6 Å². The van der Waals surface area contributed by atoms with Crippen molar-refractivity contribution in [2.45, 2.75) is 0 Å². The van der Waals surface area contributed by atoms with Gasteiger partial charge in [-0.05, 0) is 36.4 Å². The maximum Gasteiger partial charge on any atom is 0.238 e. The van der Waals surface area contributed by atoms with Crippen molar-refractivity contribution in [3.8, 4) is 0 Å². The molecule has 0 bridgehead atoms. The highest BCUT2D eigenvalue weighted by Gasteiger charge is 2.19. The maximum atomic E-state index is 13.1. The number of carbonyl (C=O) groups is 1. The van der Waals surface area contributed by atoms with Gasteiger partial charge in [-0.15, -0.1) is 0 Å². The van der Waals surface area contributed by atoms with E-state index in [0.29, 0.717) is 6.54 Å². The molecule has 1 saturated heterocycles. The van der Waals surface area contributed by atoms with Crippen molar-refractivity contribution >= 4 is 28.2 Å². The van der Waals surface area contributed by atoms with E-state index >= 15 is 0 Å². The van der Waals surface area contributed by atoms with Crippen molar-refractivity contribution in [1.82, 2.24) is 9.88 Å². The second-order valence-corrected chi connectivity index (χ2v) is 6.67. The third kappa shape index (κ3) is 4.06. The van der Waals surface area contributed by atoms with E-state index in [0.717, 1.165) is 48.5 Å². The van der Waals surface area contributed by atoms with Gasteiger partial charge in [0.2, 0.25) is 5.91 Å². The van der Waals surface area contributed by atoms with E-state index in [1.165, 1.54) is 12.1 Å². The van der Waals surface area contributed by atoms with E-state index in [-0.39, 0.29) is 11.7 Å².